The summed E-state index contributed by atoms with van der Waals surface area (Å²) in [7, 11) is 4.06. The summed E-state index contributed by atoms with van der Waals surface area (Å²) in [6, 6.07) is 12.5. The third kappa shape index (κ3) is 5.74. The largest absolute Gasteiger partial charge is 0.421 e. The number of aromatic nitrogens is 2. The molecule has 1 N–H and O–H groups in total. The number of hydrogen-bond acceptors (Lipinski definition) is 6. The van der Waals surface area contributed by atoms with E-state index in [9.17, 15) is 4.79 Å². The number of nitrogens with one attached hydrogen (secondary N) is 1. The molecule has 0 aliphatic heterocycles. The van der Waals surface area contributed by atoms with E-state index in [-0.39, 0.29) is 11.9 Å². The van der Waals surface area contributed by atoms with Gasteiger partial charge in [0.25, 0.3) is 0 Å². The minimum Gasteiger partial charge on any atom is -0.421 e. The second kappa shape index (κ2) is 9.43. The summed E-state index contributed by atoms with van der Waals surface area (Å²) in [5, 5.41) is 15.0. The van der Waals surface area contributed by atoms with Crippen molar-refractivity contribution in [3.63, 3.8) is 0 Å². The minimum absolute atomic E-state index is 0.00908. The Balaban J connectivity index is 1.45. The van der Waals surface area contributed by atoms with Gasteiger partial charge in [0.2, 0.25) is 17.7 Å². The minimum atomic E-state index is -0.00908. The highest BCUT2D eigenvalue weighted by Gasteiger charge is 2.15. The second-order valence-corrected chi connectivity index (χ2v) is 7.40. The van der Waals surface area contributed by atoms with E-state index in [2.05, 4.69) is 32.5 Å². The molecule has 0 aliphatic carbocycles. The summed E-state index contributed by atoms with van der Waals surface area (Å²) in [6.45, 7) is 0.602. The maximum Gasteiger partial charge on any atom is 0.248 e. The summed E-state index contributed by atoms with van der Waals surface area (Å²) < 4.78 is 5.62. The Morgan fingerprint density at radius 2 is 2.04 bits per heavy atom. The molecular weight excluding hydrogens is 360 g/mol. The number of thiophene rings is 1. The number of benzene rings is 1. The van der Waals surface area contributed by atoms with Crippen LogP contribution in [-0.2, 0) is 17.6 Å². The summed E-state index contributed by atoms with van der Waals surface area (Å²) >= 11 is 1.58. The Bertz CT molecular complexity index is 831. The number of rotatable bonds is 9. The van der Waals surface area contributed by atoms with E-state index in [1.165, 1.54) is 5.56 Å². The lowest BCUT2D eigenvalue weighted by molar-refractivity contribution is -0.121. The Morgan fingerprint density at radius 1 is 1.22 bits per heavy atom. The third-order valence-electron chi connectivity index (χ3n) is 4.38. The van der Waals surface area contributed by atoms with Crippen LogP contribution in [0.2, 0.25) is 0 Å². The van der Waals surface area contributed by atoms with Crippen molar-refractivity contribution in [2.24, 2.45) is 0 Å². The van der Waals surface area contributed by atoms with Crippen LogP contribution in [0.5, 0.6) is 0 Å². The summed E-state index contributed by atoms with van der Waals surface area (Å²) in [6.07, 6.45) is 1.66. The van der Waals surface area contributed by atoms with E-state index in [1.807, 2.05) is 49.1 Å². The first-order chi connectivity index (χ1) is 13.1. The smallest absolute Gasteiger partial charge is 0.248 e. The number of hydrogen-bond donors (Lipinski definition) is 1. The molecule has 1 aromatic carbocycles. The highest BCUT2D eigenvalue weighted by molar-refractivity contribution is 7.08. The fraction of sp³-hybridized carbons (Fsp3) is 0.350. The molecular formula is C20H24N4O2S. The molecule has 0 saturated carbocycles. The van der Waals surface area contributed by atoms with Crippen LogP contribution < -0.4 is 5.32 Å². The molecule has 0 radical (unpaired) electrons. The molecule has 0 bridgehead atoms. The molecule has 2 heterocycles. The van der Waals surface area contributed by atoms with E-state index in [4.69, 9.17) is 4.42 Å². The van der Waals surface area contributed by atoms with Crippen molar-refractivity contribution in [3.05, 3.63) is 58.6 Å². The van der Waals surface area contributed by atoms with Crippen molar-refractivity contribution < 1.29 is 9.21 Å². The fourth-order valence-electron chi connectivity index (χ4n) is 2.72. The molecule has 2 aromatic heterocycles. The van der Waals surface area contributed by atoms with Gasteiger partial charge in [0.1, 0.15) is 0 Å². The zero-order valence-electron chi connectivity index (χ0n) is 15.6. The van der Waals surface area contributed by atoms with Gasteiger partial charge in [0, 0.05) is 36.4 Å². The molecule has 1 unspecified atom stereocenters. The molecule has 27 heavy (non-hydrogen) atoms. The lowest BCUT2D eigenvalue weighted by atomic mass is 10.1. The van der Waals surface area contributed by atoms with Gasteiger partial charge in [-0.2, -0.15) is 11.3 Å². The summed E-state index contributed by atoms with van der Waals surface area (Å²) in [5.41, 5.74) is 2.18. The normalized spacial score (nSPS) is 12.3. The Labute approximate surface area is 163 Å². The van der Waals surface area contributed by atoms with Crippen molar-refractivity contribution in [1.82, 2.24) is 20.4 Å². The first-order valence-corrected chi connectivity index (χ1v) is 9.88. The van der Waals surface area contributed by atoms with Crippen LogP contribution in [0.1, 0.15) is 17.9 Å². The first-order valence-electron chi connectivity index (χ1n) is 8.94. The van der Waals surface area contributed by atoms with Gasteiger partial charge < -0.3 is 14.6 Å². The zero-order chi connectivity index (χ0) is 19.1. The zero-order valence-corrected chi connectivity index (χ0v) is 16.4. The van der Waals surface area contributed by atoms with E-state index < -0.39 is 0 Å². The van der Waals surface area contributed by atoms with Gasteiger partial charge in [-0.25, -0.2) is 0 Å². The van der Waals surface area contributed by atoms with Crippen LogP contribution in [-0.4, -0.2) is 47.7 Å². The maximum atomic E-state index is 12.2. The van der Waals surface area contributed by atoms with Gasteiger partial charge in [-0.15, -0.1) is 10.2 Å². The SMILES string of the molecule is CN(C)C(CNC(=O)CCc1nnc(-c2ccsc2)o1)Cc1ccccc1. The van der Waals surface area contributed by atoms with Crippen molar-refractivity contribution in [2.75, 3.05) is 20.6 Å². The van der Waals surface area contributed by atoms with Crippen molar-refractivity contribution in [1.29, 1.82) is 0 Å². The van der Waals surface area contributed by atoms with Crippen LogP contribution in [0.15, 0.2) is 51.6 Å². The number of likely N-dealkylation sites (N-methyl/N-ethyl adjacent to an activating group) is 1. The molecule has 0 aliphatic rings. The van der Waals surface area contributed by atoms with Crippen LogP contribution in [0, 0.1) is 0 Å². The monoisotopic (exact) mass is 384 g/mol. The molecule has 6 nitrogen and oxygen atoms in total. The lowest BCUT2D eigenvalue weighted by Gasteiger charge is -2.24. The molecule has 0 fully saturated rings. The van der Waals surface area contributed by atoms with Gasteiger partial charge in [-0.1, -0.05) is 30.3 Å². The van der Waals surface area contributed by atoms with Gasteiger partial charge in [0.05, 0.1) is 0 Å². The molecule has 142 valence electrons. The lowest BCUT2D eigenvalue weighted by Crippen LogP contribution is -2.41. The van der Waals surface area contributed by atoms with Gasteiger partial charge in [0.15, 0.2) is 0 Å². The topological polar surface area (TPSA) is 71.3 Å². The van der Waals surface area contributed by atoms with Crippen LogP contribution >= 0.6 is 11.3 Å². The second-order valence-electron chi connectivity index (χ2n) is 6.62. The van der Waals surface area contributed by atoms with Crippen LogP contribution in [0.25, 0.3) is 11.5 Å². The number of aryl methyl sites for hydroxylation is 1. The molecule has 0 saturated heterocycles. The number of nitrogens with zero attached hydrogens (tertiary/aromatic N) is 3. The van der Waals surface area contributed by atoms with Crippen molar-refractivity contribution in [3.8, 4) is 11.5 Å². The van der Waals surface area contributed by atoms with E-state index >= 15 is 0 Å². The number of amides is 1. The Morgan fingerprint density at radius 3 is 2.74 bits per heavy atom. The maximum absolute atomic E-state index is 12.2. The van der Waals surface area contributed by atoms with E-state index in [1.54, 1.807) is 11.3 Å². The molecule has 3 rings (SSSR count). The van der Waals surface area contributed by atoms with Crippen molar-refractivity contribution in [2.45, 2.75) is 25.3 Å². The average molecular weight is 385 g/mol. The number of carbonyl (C=O) groups excluding carboxylic acids is 1. The highest BCUT2D eigenvalue weighted by Crippen LogP contribution is 2.20. The molecule has 1 atom stereocenters. The van der Waals surface area contributed by atoms with Crippen LogP contribution in [0.3, 0.4) is 0 Å². The quantitative estimate of drug-likeness (QED) is 0.614. The first kappa shape index (κ1) is 19.3. The van der Waals surface area contributed by atoms with Crippen molar-refractivity contribution >= 4 is 17.2 Å². The third-order valence-corrected chi connectivity index (χ3v) is 5.06. The Kier molecular flexibility index (Phi) is 6.73. The predicted octanol–water partition coefficient (Wildman–Crippen LogP) is 3.02. The Hall–Kier alpha value is -2.51. The molecule has 7 heteroatoms. The van der Waals surface area contributed by atoms with Gasteiger partial charge >= 0.3 is 0 Å². The summed E-state index contributed by atoms with van der Waals surface area (Å²) in [4.78, 5) is 14.4. The highest BCUT2D eigenvalue weighted by atomic mass is 32.1. The average Bonchev–Trinajstić information content (AvgIpc) is 3.35. The predicted molar refractivity (Wildman–Crippen MR) is 107 cm³/mol. The fourth-order valence-corrected chi connectivity index (χ4v) is 3.35. The van der Waals surface area contributed by atoms with Gasteiger partial charge in [-0.05, 0) is 37.5 Å². The van der Waals surface area contributed by atoms with Crippen LogP contribution in [0.4, 0.5) is 0 Å². The molecule has 3 aromatic rings. The molecule has 1 amide bonds. The number of carbonyl (C=O) groups is 1. The standard InChI is InChI=1S/C20H24N4O2S/c1-24(2)17(12-15-6-4-3-5-7-15)13-21-18(25)8-9-19-22-23-20(26-19)16-10-11-27-14-16/h3-7,10-11,14,17H,8-9,12-13H2,1-2H3,(H,21,25). The van der Waals surface area contributed by atoms with E-state index in [0.717, 1.165) is 12.0 Å². The van der Waals surface area contributed by atoms with Gasteiger partial charge in [-0.3, -0.25) is 4.79 Å². The van der Waals surface area contributed by atoms with E-state index in [0.29, 0.717) is 31.2 Å². The summed E-state index contributed by atoms with van der Waals surface area (Å²) in [5.74, 6) is 0.979. The molecule has 0 spiro atoms.